The smallest absolute Gasteiger partial charge is 0.475 e. The Bertz CT molecular complexity index is 639. The van der Waals surface area contributed by atoms with Crippen molar-refractivity contribution in [1.82, 2.24) is 14.8 Å². The highest BCUT2D eigenvalue weighted by atomic mass is 32.1. The average molecular weight is 407 g/mol. The van der Waals surface area contributed by atoms with E-state index in [4.69, 9.17) is 9.90 Å². The molecule has 27 heavy (non-hydrogen) atoms. The summed E-state index contributed by atoms with van der Waals surface area (Å²) in [5.41, 5.74) is 0.156. The number of carboxylic acids is 1. The number of alkyl halides is 3. The summed E-state index contributed by atoms with van der Waals surface area (Å²) in [5, 5.41) is 10.4. The number of hydrogen-bond acceptors (Lipinski definition) is 5. The maximum Gasteiger partial charge on any atom is 0.490 e. The lowest BCUT2D eigenvalue weighted by atomic mass is 9.88. The summed E-state index contributed by atoms with van der Waals surface area (Å²) in [7, 11) is 0. The van der Waals surface area contributed by atoms with Crippen molar-refractivity contribution in [3.63, 3.8) is 0 Å². The molecule has 2 aliphatic heterocycles. The number of hydrogen-bond donors (Lipinski definition) is 1. The van der Waals surface area contributed by atoms with Gasteiger partial charge in [0.1, 0.15) is 5.01 Å². The molecule has 1 amide bonds. The van der Waals surface area contributed by atoms with Gasteiger partial charge in [-0.2, -0.15) is 13.2 Å². The number of carboxylic acid groups (broad SMARTS) is 1. The molecular weight excluding hydrogens is 383 g/mol. The fourth-order valence-corrected chi connectivity index (χ4v) is 4.48. The SMILES string of the molecule is CCN1C(=O)CCC12CCCN(Cc1nccs1)CC2.O=C(O)C(F)(F)F. The first kappa shape index (κ1) is 21.6. The van der Waals surface area contributed by atoms with E-state index in [9.17, 15) is 18.0 Å². The van der Waals surface area contributed by atoms with Crippen molar-refractivity contribution in [1.29, 1.82) is 0 Å². The summed E-state index contributed by atoms with van der Waals surface area (Å²) >= 11 is 1.74. The minimum absolute atomic E-state index is 0.156. The van der Waals surface area contributed by atoms with E-state index in [2.05, 4.69) is 21.7 Å². The fourth-order valence-electron chi connectivity index (χ4n) is 3.82. The lowest BCUT2D eigenvalue weighted by molar-refractivity contribution is -0.192. The number of carbonyl (C=O) groups excluding carboxylic acids is 1. The van der Waals surface area contributed by atoms with Gasteiger partial charge in [-0.3, -0.25) is 9.69 Å². The van der Waals surface area contributed by atoms with Gasteiger partial charge in [-0.1, -0.05) is 0 Å². The maximum atomic E-state index is 12.0. The van der Waals surface area contributed by atoms with Crippen LogP contribution in [-0.4, -0.2) is 63.1 Å². The second-order valence-corrected chi connectivity index (χ2v) is 7.70. The Balaban J connectivity index is 0.000000321. The second kappa shape index (κ2) is 9.01. The van der Waals surface area contributed by atoms with E-state index >= 15 is 0 Å². The van der Waals surface area contributed by atoms with E-state index in [0.717, 1.165) is 45.4 Å². The second-order valence-electron chi connectivity index (χ2n) is 6.72. The molecule has 3 heterocycles. The van der Waals surface area contributed by atoms with E-state index < -0.39 is 12.1 Å². The van der Waals surface area contributed by atoms with Crippen molar-refractivity contribution in [3.05, 3.63) is 16.6 Å². The van der Waals surface area contributed by atoms with Crippen LogP contribution in [-0.2, 0) is 16.1 Å². The first-order chi connectivity index (χ1) is 12.7. The molecule has 2 aliphatic rings. The number of rotatable bonds is 3. The maximum absolute atomic E-state index is 12.0. The summed E-state index contributed by atoms with van der Waals surface area (Å²) in [4.78, 5) is 30.0. The van der Waals surface area contributed by atoms with Crippen molar-refractivity contribution in [2.24, 2.45) is 0 Å². The number of amides is 1. The Labute approximate surface area is 160 Å². The van der Waals surface area contributed by atoms with E-state index in [-0.39, 0.29) is 5.54 Å². The highest BCUT2D eigenvalue weighted by Crippen LogP contribution is 2.39. The Hall–Kier alpha value is -1.68. The molecule has 0 bridgehead atoms. The molecule has 2 saturated heterocycles. The summed E-state index contributed by atoms with van der Waals surface area (Å²) in [6.45, 7) is 6.17. The molecule has 1 spiro atoms. The third-order valence-electron chi connectivity index (χ3n) is 5.09. The van der Waals surface area contributed by atoms with Gasteiger partial charge in [-0.15, -0.1) is 11.3 Å². The molecule has 2 fully saturated rings. The zero-order valence-electron chi connectivity index (χ0n) is 15.2. The van der Waals surface area contributed by atoms with Gasteiger partial charge in [-0.25, -0.2) is 9.78 Å². The van der Waals surface area contributed by atoms with Crippen LogP contribution in [0.25, 0.3) is 0 Å². The van der Waals surface area contributed by atoms with Crippen molar-refractivity contribution < 1.29 is 27.9 Å². The highest BCUT2D eigenvalue weighted by molar-refractivity contribution is 7.09. The van der Waals surface area contributed by atoms with Crippen molar-refractivity contribution in [3.8, 4) is 0 Å². The topological polar surface area (TPSA) is 73.7 Å². The minimum Gasteiger partial charge on any atom is -0.475 e. The quantitative estimate of drug-likeness (QED) is 0.833. The first-order valence-electron chi connectivity index (χ1n) is 8.89. The predicted molar refractivity (Wildman–Crippen MR) is 94.3 cm³/mol. The monoisotopic (exact) mass is 407 g/mol. The molecule has 6 nitrogen and oxygen atoms in total. The molecule has 1 aromatic heterocycles. The molecule has 10 heteroatoms. The summed E-state index contributed by atoms with van der Waals surface area (Å²) in [5.74, 6) is -2.40. The third-order valence-corrected chi connectivity index (χ3v) is 5.85. The molecule has 1 N–H and O–H groups in total. The summed E-state index contributed by atoms with van der Waals surface area (Å²) in [6.07, 6.45) is 2.09. The van der Waals surface area contributed by atoms with Gasteiger partial charge in [0.15, 0.2) is 0 Å². The molecule has 1 unspecified atom stereocenters. The minimum atomic E-state index is -5.08. The van der Waals surface area contributed by atoms with Crippen LogP contribution in [0.4, 0.5) is 13.2 Å². The number of halogens is 3. The zero-order chi connectivity index (χ0) is 20.1. The molecule has 1 atom stereocenters. The Morgan fingerprint density at radius 1 is 1.33 bits per heavy atom. The molecule has 152 valence electrons. The first-order valence-corrected chi connectivity index (χ1v) is 9.77. The van der Waals surface area contributed by atoms with Gasteiger partial charge in [0.25, 0.3) is 0 Å². The lowest BCUT2D eigenvalue weighted by Crippen LogP contribution is -2.46. The van der Waals surface area contributed by atoms with Crippen molar-refractivity contribution >= 4 is 23.2 Å². The molecule has 3 rings (SSSR count). The highest BCUT2D eigenvalue weighted by Gasteiger charge is 2.44. The van der Waals surface area contributed by atoms with Gasteiger partial charge in [0, 0.05) is 36.6 Å². The molecule has 1 aromatic rings. The van der Waals surface area contributed by atoms with Gasteiger partial charge < -0.3 is 10.0 Å². The van der Waals surface area contributed by atoms with E-state index in [1.807, 2.05) is 11.6 Å². The molecular formula is C17H24F3N3O3S. The van der Waals surface area contributed by atoms with E-state index in [1.54, 1.807) is 11.3 Å². The number of aliphatic carboxylic acids is 1. The van der Waals surface area contributed by atoms with Crippen molar-refractivity contribution in [2.75, 3.05) is 19.6 Å². The predicted octanol–water partition coefficient (Wildman–Crippen LogP) is 3.14. The average Bonchev–Trinajstić information content (AvgIpc) is 3.14. The van der Waals surface area contributed by atoms with Crippen LogP contribution >= 0.6 is 11.3 Å². The van der Waals surface area contributed by atoms with Crippen LogP contribution in [0.1, 0.15) is 44.0 Å². The van der Waals surface area contributed by atoms with Crippen LogP contribution < -0.4 is 0 Å². The molecule has 0 radical (unpaired) electrons. The van der Waals surface area contributed by atoms with Gasteiger partial charge in [0.05, 0.1) is 6.54 Å². The standard InChI is InChI=1S/C15H23N3OS.C2HF3O2/c1-2-18-14(19)4-6-15(18)5-3-9-17(10-7-15)12-13-16-8-11-20-13;3-2(4,5)1(6)7/h8,11H,2-7,9-10,12H2,1H3;(H,6,7). The van der Waals surface area contributed by atoms with Crippen LogP contribution in [0.3, 0.4) is 0 Å². The normalized spacial score (nSPS) is 23.9. The van der Waals surface area contributed by atoms with Gasteiger partial charge in [0.2, 0.25) is 5.91 Å². The fraction of sp³-hybridized carbons (Fsp3) is 0.706. The third kappa shape index (κ3) is 5.65. The Morgan fingerprint density at radius 2 is 2.04 bits per heavy atom. The summed E-state index contributed by atoms with van der Waals surface area (Å²) in [6, 6.07) is 0. The molecule has 0 aliphatic carbocycles. The molecule has 0 saturated carbocycles. The Morgan fingerprint density at radius 3 is 2.59 bits per heavy atom. The summed E-state index contributed by atoms with van der Waals surface area (Å²) < 4.78 is 31.7. The van der Waals surface area contributed by atoms with Gasteiger partial charge >= 0.3 is 12.1 Å². The van der Waals surface area contributed by atoms with E-state index in [1.165, 1.54) is 17.8 Å². The van der Waals surface area contributed by atoms with Crippen molar-refractivity contribution in [2.45, 2.75) is 57.3 Å². The van der Waals surface area contributed by atoms with Crippen LogP contribution in [0.15, 0.2) is 11.6 Å². The van der Waals surface area contributed by atoms with Crippen LogP contribution in [0, 0.1) is 0 Å². The number of thiazole rings is 1. The zero-order valence-corrected chi connectivity index (χ0v) is 16.0. The number of nitrogens with zero attached hydrogens (tertiary/aromatic N) is 3. The van der Waals surface area contributed by atoms with Crippen LogP contribution in [0.5, 0.6) is 0 Å². The van der Waals surface area contributed by atoms with Gasteiger partial charge in [-0.05, 0) is 39.2 Å². The van der Waals surface area contributed by atoms with Crippen LogP contribution in [0.2, 0.25) is 0 Å². The number of likely N-dealkylation sites (tertiary alicyclic amines) is 2. The number of carbonyl (C=O) groups is 2. The molecule has 0 aromatic carbocycles. The Kier molecular flexibility index (Phi) is 7.21. The number of aromatic nitrogens is 1. The van der Waals surface area contributed by atoms with E-state index in [0.29, 0.717) is 5.91 Å². The largest absolute Gasteiger partial charge is 0.490 e. The lowest BCUT2D eigenvalue weighted by Gasteiger charge is -2.37.